The molecule has 1 amide bonds. The summed E-state index contributed by atoms with van der Waals surface area (Å²) in [7, 11) is 1.46. The molecule has 3 aromatic rings. The number of halogens is 1. The first-order valence-corrected chi connectivity index (χ1v) is 11.8. The highest BCUT2D eigenvalue weighted by Gasteiger charge is 2.16. The average Bonchev–Trinajstić information content (AvgIpc) is 3.20. The van der Waals surface area contributed by atoms with Gasteiger partial charge in [-0.2, -0.15) is 5.10 Å². The van der Waals surface area contributed by atoms with Crippen LogP contribution in [0.5, 0.6) is 11.5 Å². The number of methoxy groups -OCH3 is 1. The summed E-state index contributed by atoms with van der Waals surface area (Å²) in [5, 5.41) is 23.3. The highest BCUT2D eigenvalue weighted by Crippen LogP contribution is 2.28. The largest absolute Gasteiger partial charge is 0.504 e. The van der Waals surface area contributed by atoms with E-state index >= 15 is 0 Å². The fourth-order valence-electron chi connectivity index (χ4n) is 2.86. The minimum Gasteiger partial charge on any atom is -0.504 e. The second-order valence-electron chi connectivity index (χ2n) is 7.15. The number of benzene rings is 2. The zero-order valence-corrected chi connectivity index (χ0v) is 20.7. The Morgan fingerprint density at radius 1 is 1.30 bits per heavy atom. The number of hydrogen-bond acceptors (Lipinski definition) is 7. The maximum Gasteiger partial charge on any atom is 0.250 e. The van der Waals surface area contributed by atoms with Crippen molar-refractivity contribution >= 4 is 39.8 Å². The van der Waals surface area contributed by atoms with E-state index in [0.29, 0.717) is 23.0 Å². The molecule has 3 rings (SSSR count). The first-order chi connectivity index (χ1) is 15.9. The number of ether oxygens (including phenoxy) is 1. The summed E-state index contributed by atoms with van der Waals surface area (Å²) in [6.07, 6.45) is 2.14. The number of carbonyl (C=O) groups excluding carboxylic acids is 1. The van der Waals surface area contributed by atoms with Gasteiger partial charge in [0.15, 0.2) is 22.5 Å². The maximum absolute atomic E-state index is 12.3. The van der Waals surface area contributed by atoms with Crippen LogP contribution in [0.15, 0.2) is 69.3 Å². The van der Waals surface area contributed by atoms with E-state index in [-0.39, 0.29) is 17.4 Å². The van der Waals surface area contributed by atoms with Crippen LogP contribution < -0.4 is 10.2 Å². The van der Waals surface area contributed by atoms with Gasteiger partial charge in [-0.3, -0.25) is 4.79 Å². The Kier molecular flexibility index (Phi) is 8.67. The van der Waals surface area contributed by atoms with E-state index in [2.05, 4.69) is 43.2 Å². The van der Waals surface area contributed by atoms with Crippen LogP contribution >= 0.6 is 27.7 Å². The first kappa shape index (κ1) is 24.5. The predicted octanol–water partition coefficient (Wildman–Crippen LogP) is 4.63. The summed E-state index contributed by atoms with van der Waals surface area (Å²) in [6.45, 7) is 6.61. The summed E-state index contributed by atoms with van der Waals surface area (Å²) in [5.41, 5.74) is 4.88. The van der Waals surface area contributed by atoms with Crippen molar-refractivity contribution in [3.63, 3.8) is 0 Å². The molecule has 2 N–H and O–H groups in total. The van der Waals surface area contributed by atoms with E-state index in [1.165, 1.54) is 25.1 Å². The van der Waals surface area contributed by atoms with Crippen LogP contribution in [0.1, 0.15) is 18.9 Å². The number of thioether (sulfide) groups is 1. The fourth-order valence-corrected chi connectivity index (χ4v) is 3.88. The van der Waals surface area contributed by atoms with E-state index in [9.17, 15) is 9.90 Å². The number of carbonyl (C=O) groups is 1. The lowest BCUT2D eigenvalue weighted by molar-refractivity contribution is -0.118. The molecular weight excluding hydrogens is 506 g/mol. The number of aromatic hydroxyl groups is 1. The maximum atomic E-state index is 12.3. The number of phenols is 1. The summed E-state index contributed by atoms with van der Waals surface area (Å²) < 4.78 is 8.03. The minimum atomic E-state index is -0.307. The molecule has 172 valence electrons. The second kappa shape index (κ2) is 11.7. The van der Waals surface area contributed by atoms with Gasteiger partial charge in [-0.1, -0.05) is 51.5 Å². The van der Waals surface area contributed by atoms with Crippen LogP contribution in [0.25, 0.3) is 11.4 Å². The van der Waals surface area contributed by atoms with Gasteiger partial charge in [0.1, 0.15) is 0 Å². The Hall–Kier alpha value is -3.11. The van der Waals surface area contributed by atoms with Crippen LogP contribution in [0, 0.1) is 0 Å². The molecule has 10 heteroatoms. The van der Waals surface area contributed by atoms with Crippen LogP contribution in [0.3, 0.4) is 0 Å². The molecule has 0 unspecified atom stereocenters. The third kappa shape index (κ3) is 6.69. The molecule has 1 aromatic heterocycles. The van der Waals surface area contributed by atoms with Gasteiger partial charge >= 0.3 is 0 Å². The van der Waals surface area contributed by atoms with Gasteiger partial charge in [0.05, 0.1) is 19.1 Å². The van der Waals surface area contributed by atoms with Crippen molar-refractivity contribution in [3.05, 3.63) is 64.7 Å². The molecule has 33 heavy (non-hydrogen) atoms. The van der Waals surface area contributed by atoms with Gasteiger partial charge in [0, 0.05) is 22.1 Å². The average molecular weight is 530 g/mol. The molecule has 0 saturated carbocycles. The lowest BCUT2D eigenvalue weighted by Gasteiger charge is -2.10. The van der Waals surface area contributed by atoms with Crippen molar-refractivity contribution < 1.29 is 14.6 Å². The minimum absolute atomic E-state index is 0.0431. The van der Waals surface area contributed by atoms with Crippen LogP contribution in [0.4, 0.5) is 0 Å². The molecule has 2 aromatic carbocycles. The summed E-state index contributed by atoms with van der Waals surface area (Å²) >= 11 is 4.72. The number of nitrogens with one attached hydrogen (secondary N) is 1. The molecule has 0 atom stereocenters. The number of amides is 1. The molecule has 0 aliphatic rings. The quantitative estimate of drug-likeness (QED) is 0.172. The number of phenolic OH excluding ortho intramolecular Hbond substituents is 1. The number of rotatable bonds is 10. The molecule has 0 saturated heterocycles. The smallest absolute Gasteiger partial charge is 0.250 e. The van der Waals surface area contributed by atoms with Crippen LogP contribution in [-0.2, 0) is 11.3 Å². The predicted molar refractivity (Wildman–Crippen MR) is 134 cm³/mol. The molecule has 0 fully saturated rings. The van der Waals surface area contributed by atoms with Crippen molar-refractivity contribution in [3.8, 4) is 22.9 Å². The monoisotopic (exact) mass is 529 g/mol. The van der Waals surface area contributed by atoms with E-state index in [1.54, 1.807) is 18.2 Å². The van der Waals surface area contributed by atoms with Gasteiger partial charge in [0.2, 0.25) is 0 Å². The van der Waals surface area contributed by atoms with Crippen molar-refractivity contribution in [2.45, 2.75) is 25.0 Å². The number of hydrogen-bond donors (Lipinski definition) is 2. The normalized spacial score (nSPS) is 11.0. The van der Waals surface area contributed by atoms with Crippen molar-refractivity contribution in [2.75, 3.05) is 12.9 Å². The molecular formula is C23H24BrN5O3S. The van der Waals surface area contributed by atoms with E-state index in [0.717, 1.165) is 27.9 Å². The topological polar surface area (TPSA) is 102 Å². The Bertz CT molecular complexity index is 1160. The number of para-hydroxylation sites is 1. The number of nitrogens with zero attached hydrogens (tertiary/aromatic N) is 4. The number of hydrazone groups is 1. The van der Waals surface area contributed by atoms with E-state index < -0.39 is 0 Å². The zero-order chi connectivity index (χ0) is 23.8. The van der Waals surface area contributed by atoms with Crippen LogP contribution in [0.2, 0.25) is 0 Å². The van der Waals surface area contributed by atoms with Crippen molar-refractivity contribution in [1.82, 2.24) is 20.2 Å². The SMILES string of the molecule is C=C(C)CCn1c(SCC(=O)N/N=C/c2cccc(OC)c2O)nnc1-c1ccc(Br)cc1. The molecule has 8 nitrogen and oxygen atoms in total. The summed E-state index contributed by atoms with van der Waals surface area (Å²) in [4.78, 5) is 12.3. The fraction of sp³-hybridized carbons (Fsp3) is 0.217. The molecule has 0 aliphatic carbocycles. The molecule has 0 spiro atoms. The van der Waals surface area contributed by atoms with Gasteiger partial charge in [-0.25, -0.2) is 5.43 Å². The highest BCUT2D eigenvalue weighted by molar-refractivity contribution is 9.10. The Morgan fingerprint density at radius 3 is 2.76 bits per heavy atom. The van der Waals surface area contributed by atoms with Crippen molar-refractivity contribution in [1.29, 1.82) is 0 Å². The van der Waals surface area contributed by atoms with E-state index in [1.807, 2.05) is 35.8 Å². The summed E-state index contributed by atoms with van der Waals surface area (Å²) in [5.74, 6) is 0.818. The molecule has 0 bridgehead atoms. The molecule has 1 heterocycles. The van der Waals surface area contributed by atoms with Crippen LogP contribution in [-0.4, -0.2) is 44.9 Å². The van der Waals surface area contributed by atoms with Crippen molar-refractivity contribution in [2.24, 2.45) is 5.10 Å². The number of aromatic nitrogens is 3. The lowest BCUT2D eigenvalue weighted by Crippen LogP contribution is -2.20. The Balaban J connectivity index is 1.67. The van der Waals surface area contributed by atoms with Gasteiger partial charge in [-0.05, 0) is 37.6 Å². The standard InChI is InChI=1S/C23H24BrN5O3S/c1-15(2)11-12-29-22(16-7-9-18(24)10-8-16)27-28-23(29)33-14-20(30)26-25-13-17-5-4-6-19(32-3)21(17)31/h4-10,13,31H,1,11-12,14H2,2-3H3,(H,26,30)/b25-13+. The van der Waals surface area contributed by atoms with Gasteiger partial charge < -0.3 is 14.4 Å². The number of allylic oxidation sites excluding steroid dienone is 1. The Morgan fingerprint density at radius 2 is 2.06 bits per heavy atom. The highest BCUT2D eigenvalue weighted by atomic mass is 79.9. The third-order valence-electron chi connectivity index (χ3n) is 4.56. The van der Waals surface area contributed by atoms with E-state index in [4.69, 9.17) is 4.74 Å². The van der Waals surface area contributed by atoms with Gasteiger partial charge in [-0.15, -0.1) is 16.8 Å². The molecule has 0 radical (unpaired) electrons. The first-order valence-electron chi connectivity index (χ1n) is 10.0. The third-order valence-corrected chi connectivity index (χ3v) is 6.05. The Labute approximate surface area is 204 Å². The zero-order valence-electron chi connectivity index (χ0n) is 18.3. The second-order valence-corrected chi connectivity index (χ2v) is 9.01. The molecule has 0 aliphatic heterocycles. The van der Waals surface area contributed by atoms with Gasteiger partial charge in [0.25, 0.3) is 5.91 Å². The lowest BCUT2D eigenvalue weighted by atomic mass is 10.2. The summed E-state index contributed by atoms with van der Waals surface area (Å²) in [6, 6.07) is 12.9.